The number of nitrogens with one attached hydrogen (secondary N) is 1. The highest BCUT2D eigenvalue weighted by molar-refractivity contribution is 7.92. The highest BCUT2D eigenvalue weighted by Crippen LogP contribution is 2.26. The van der Waals surface area contributed by atoms with E-state index in [0.29, 0.717) is 18.0 Å². The Labute approximate surface area is 148 Å². The highest BCUT2D eigenvalue weighted by atomic mass is 32.2. The van der Waals surface area contributed by atoms with E-state index in [-0.39, 0.29) is 11.0 Å². The Morgan fingerprint density at radius 1 is 1.40 bits per heavy atom. The third kappa shape index (κ3) is 4.32. The number of methoxy groups -OCH3 is 1. The predicted molar refractivity (Wildman–Crippen MR) is 94.4 cm³/mol. The van der Waals surface area contributed by atoms with E-state index in [2.05, 4.69) is 9.82 Å². The fraction of sp³-hybridized carbons (Fsp3) is 0.471. The lowest BCUT2D eigenvalue weighted by Crippen LogP contribution is -2.24. The zero-order valence-corrected chi connectivity index (χ0v) is 15.3. The Balaban J connectivity index is 1.74. The predicted octanol–water partition coefficient (Wildman–Crippen LogP) is 2.57. The van der Waals surface area contributed by atoms with Crippen molar-refractivity contribution in [2.45, 2.75) is 43.7 Å². The van der Waals surface area contributed by atoms with Crippen molar-refractivity contribution in [2.75, 3.05) is 18.4 Å². The van der Waals surface area contributed by atoms with Crippen LogP contribution in [0.2, 0.25) is 0 Å². The van der Waals surface area contributed by atoms with Crippen LogP contribution in [0.25, 0.3) is 0 Å². The summed E-state index contributed by atoms with van der Waals surface area (Å²) in [6.07, 6.45) is 6.56. The van der Waals surface area contributed by atoms with E-state index < -0.39 is 10.0 Å². The van der Waals surface area contributed by atoms with E-state index in [0.717, 1.165) is 31.4 Å². The molecular formula is C17H23N3O4S. The molecule has 7 nitrogen and oxygen atoms in total. The van der Waals surface area contributed by atoms with Crippen LogP contribution in [0.15, 0.2) is 35.5 Å². The van der Waals surface area contributed by atoms with Crippen LogP contribution in [0.3, 0.4) is 0 Å². The molecule has 0 spiro atoms. The van der Waals surface area contributed by atoms with Crippen molar-refractivity contribution in [1.29, 1.82) is 0 Å². The third-order valence-corrected chi connectivity index (χ3v) is 5.56. The molecule has 2 heterocycles. The Hall–Kier alpha value is -2.06. The summed E-state index contributed by atoms with van der Waals surface area (Å²) >= 11 is 0. The normalized spacial score (nSPS) is 18.1. The molecule has 0 amide bonds. The first-order valence-electron chi connectivity index (χ1n) is 8.29. The van der Waals surface area contributed by atoms with Gasteiger partial charge >= 0.3 is 0 Å². The van der Waals surface area contributed by atoms with Crippen LogP contribution in [0.5, 0.6) is 5.75 Å². The molecule has 1 aromatic heterocycles. The summed E-state index contributed by atoms with van der Waals surface area (Å²) in [6.45, 7) is 3.23. The van der Waals surface area contributed by atoms with Crippen molar-refractivity contribution in [3.05, 3.63) is 36.2 Å². The maximum Gasteiger partial charge on any atom is 0.265 e. The van der Waals surface area contributed by atoms with Gasteiger partial charge in [-0.2, -0.15) is 5.10 Å². The molecule has 0 aliphatic carbocycles. The van der Waals surface area contributed by atoms with Gasteiger partial charge in [-0.05, 0) is 43.9 Å². The van der Waals surface area contributed by atoms with Gasteiger partial charge in [0.1, 0.15) is 10.6 Å². The van der Waals surface area contributed by atoms with Crippen molar-refractivity contribution in [2.24, 2.45) is 0 Å². The minimum atomic E-state index is -3.76. The largest absolute Gasteiger partial charge is 0.495 e. The van der Waals surface area contributed by atoms with Gasteiger partial charge in [-0.15, -0.1) is 0 Å². The first-order valence-corrected chi connectivity index (χ1v) is 9.78. The minimum absolute atomic E-state index is 0.110. The Morgan fingerprint density at radius 3 is 2.96 bits per heavy atom. The lowest BCUT2D eigenvalue weighted by molar-refractivity contribution is 0.00401. The number of anilines is 1. The van der Waals surface area contributed by atoms with Crippen LogP contribution in [-0.4, -0.2) is 38.0 Å². The van der Waals surface area contributed by atoms with Gasteiger partial charge in [0.05, 0.1) is 31.6 Å². The number of benzene rings is 1. The van der Waals surface area contributed by atoms with Gasteiger partial charge in [0.25, 0.3) is 10.0 Å². The average molecular weight is 365 g/mol. The second-order valence-corrected chi connectivity index (χ2v) is 7.85. The van der Waals surface area contributed by atoms with Crippen LogP contribution in [-0.2, 0) is 21.3 Å². The van der Waals surface area contributed by atoms with Gasteiger partial charge < -0.3 is 9.47 Å². The maximum absolute atomic E-state index is 12.7. The zero-order chi connectivity index (χ0) is 17.9. The van der Waals surface area contributed by atoms with Crippen LogP contribution in [0, 0.1) is 6.92 Å². The topological polar surface area (TPSA) is 82.5 Å². The van der Waals surface area contributed by atoms with Gasteiger partial charge in [-0.1, -0.05) is 6.07 Å². The molecule has 2 aromatic rings. The second-order valence-electron chi connectivity index (χ2n) is 6.20. The van der Waals surface area contributed by atoms with E-state index in [1.165, 1.54) is 13.3 Å². The molecule has 0 radical (unpaired) electrons. The smallest absolute Gasteiger partial charge is 0.265 e. The number of hydrogen-bond donors (Lipinski definition) is 1. The number of aryl methyl sites for hydroxylation is 1. The SMILES string of the molecule is COc1ccc(C)cc1S(=O)(=O)Nc1cnn(CC2CCCCO2)c1. The van der Waals surface area contributed by atoms with Crippen molar-refractivity contribution < 1.29 is 17.9 Å². The Morgan fingerprint density at radius 2 is 2.24 bits per heavy atom. The first-order chi connectivity index (χ1) is 12.0. The average Bonchev–Trinajstić information content (AvgIpc) is 3.02. The van der Waals surface area contributed by atoms with E-state index in [1.54, 1.807) is 29.1 Å². The molecule has 1 fully saturated rings. The number of hydrogen-bond acceptors (Lipinski definition) is 5. The van der Waals surface area contributed by atoms with Gasteiger partial charge in [0.15, 0.2) is 0 Å². The van der Waals surface area contributed by atoms with Crippen molar-refractivity contribution in [1.82, 2.24) is 9.78 Å². The second kappa shape index (κ2) is 7.45. The molecule has 1 aliphatic heterocycles. The monoisotopic (exact) mass is 365 g/mol. The molecule has 136 valence electrons. The lowest BCUT2D eigenvalue weighted by Gasteiger charge is -2.22. The summed E-state index contributed by atoms with van der Waals surface area (Å²) in [7, 11) is -2.31. The fourth-order valence-electron chi connectivity index (χ4n) is 2.88. The summed E-state index contributed by atoms with van der Waals surface area (Å²) in [4.78, 5) is 0.110. The van der Waals surface area contributed by atoms with E-state index in [9.17, 15) is 8.42 Å². The number of nitrogens with zero attached hydrogens (tertiary/aromatic N) is 2. The van der Waals surface area contributed by atoms with Crippen molar-refractivity contribution >= 4 is 15.7 Å². The molecule has 8 heteroatoms. The van der Waals surface area contributed by atoms with Gasteiger partial charge in [0, 0.05) is 12.8 Å². The molecule has 1 aromatic carbocycles. The molecule has 0 bridgehead atoms. The van der Waals surface area contributed by atoms with E-state index in [1.807, 2.05) is 6.92 Å². The maximum atomic E-state index is 12.7. The Bertz CT molecular complexity index is 826. The molecular weight excluding hydrogens is 342 g/mol. The number of sulfonamides is 1. The lowest BCUT2D eigenvalue weighted by atomic mass is 10.1. The van der Waals surface area contributed by atoms with Crippen LogP contribution in [0.1, 0.15) is 24.8 Å². The van der Waals surface area contributed by atoms with Crippen molar-refractivity contribution in [3.8, 4) is 5.75 Å². The first kappa shape index (κ1) is 17.8. The third-order valence-electron chi connectivity index (χ3n) is 4.16. The molecule has 25 heavy (non-hydrogen) atoms. The number of rotatable bonds is 6. The molecule has 3 rings (SSSR count). The molecule has 0 saturated carbocycles. The number of ether oxygens (including phenoxy) is 2. The summed E-state index contributed by atoms with van der Waals surface area (Å²) < 4.78 is 40.5. The molecule has 1 N–H and O–H groups in total. The summed E-state index contributed by atoms with van der Waals surface area (Å²) in [5, 5.41) is 4.23. The minimum Gasteiger partial charge on any atom is -0.495 e. The summed E-state index contributed by atoms with van der Waals surface area (Å²) in [5.41, 5.74) is 1.26. The Kier molecular flexibility index (Phi) is 5.29. The molecule has 1 aliphatic rings. The van der Waals surface area contributed by atoms with Gasteiger partial charge in [0.2, 0.25) is 0 Å². The fourth-order valence-corrected chi connectivity index (χ4v) is 4.16. The highest BCUT2D eigenvalue weighted by Gasteiger charge is 2.21. The van der Waals surface area contributed by atoms with E-state index >= 15 is 0 Å². The summed E-state index contributed by atoms with van der Waals surface area (Å²) in [6, 6.07) is 5.04. The quantitative estimate of drug-likeness (QED) is 0.851. The summed E-state index contributed by atoms with van der Waals surface area (Å²) in [5.74, 6) is 0.307. The molecule has 1 saturated heterocycles. The van der Waals surface area contributed by atoms with E-state index in [4.69, 9.17) is 9.47 Å². The van der Waals surface area contributed by atoms with Gasteiger partial charge in [-0.25, -0.2) is 8.42 Å². The van der Waals surface area contributed by atoms with Crippen molar-refractivity contribution in [3.63, 3.8) is 0 Å². The zero-order valence-electron chi connectivity index (χ0n) is 14.4. The van der Waals surface area contributed by atoms with Gasteiger partial charge in [-0.3, -0.25) is 9.40 Å². The van der Waals surface area contributed by atoms with Crippen LogP contribution >= 0.6 is 0 Å². The number of aromatic nitrogens is 2. The molecule has 1 unspecified atom stereocenters. The van der Waals surface area contributed by atoms with Crippen LogP contribution in [0.4, 0.5) is 5.69 Å². The van der Waals surface area contributed by atoms with Crippen LogP contribution < -0.4 is 9.46 Å². The molecule has 1 atom stereocenters. The standard InChI is InChI=1S/C17H23N3O4S/c1-13-6-7-16(23-2)17(9-13)25(21,22)19-14-10-18-20(11-14)12-15-5-3-4-8-24-15/h6-7,9-11,15,19H,3-5,8,12H2,1-2H3.